The SMILES string of the molecule is O=C(OCCCOc1ccccc1)c1cnn2c(-c3ccccc3)ccnc12. The van der Waals surface area contributed by atoms with Crippen LogP contribution in [-0.2, 0) is 4.74 Å². The highest BCUT2D eigenvalue weighted by Gasteiger charge is 2.17. The second-order valence-corrected chi connectivity index (χ2v) is 6.14. The van der Waals surface area contributed by atoms with Crippen molar-refractivity contribution in [1.29, 1.82) is 0 Å². The lowest BCUT2D eigenvalue weighted by Crippen LogP contribution is -2.09. The van der Waals surface area contributed by atoms with Gasteiger partial charge in [-0.3, -0.25) is 0 Å². The van der Waals surface area contributed by atoms with Gasteiger partial charge in [-0.1, -0.05) is 48.5 Å². The van der Waals surface area contributed by atoms with Crippen LogP contribution in [0.3, 0.4) is 0 Å². The number of hydrogen-bond acceptors (Lipinski definition) is 5. The number of fused-ring (bicyclic) bond motifs is 1. The van der Waals surface area contributed by atoms with Crippen LogP contribution in [0.4, 0.5) is 0 Å². The van der Waals surface area contributed by atoms with Crippen molar-refractivity contribution in [2.24, 2.45) is 0 Å². The van der Waals surface area contributed by atoms with Crippen LogP contribution in [0.5, 0.6) is 5.75 Å². The van der Waals surface area contributed by atoms with E-state index in [9.17, 15) is 4.79 Å². The van der Waals surface area contributed by atoms with Crippen LogP contribution in [0.25, 0.3) is 16.9 Å². The second kappa shape index (κ2) is 8.35. The molecule has 2 aromatic carbocycles. The van der Waals surface area contributed by atoms with Gasteiger partial charge in [0.05, 0.1) is 25.1 Å². The monoisotopic (exact) mass is 373 g/mol. The molecule has 140 valence electrons. The van der Waals surface area contributed by atoms with Crippen LogP contribution in [0.15, 0.2) is 79.1 Å². The normalized spacial score (nSPS) is 10.7. The maximum atomic E-state index is 12.4. The first-order valence-electron chi connectivity index (χ1n) is 9.06. The summed E-state index contributed by atoms with van der Waals surface area (Å²) in [5.41, 5.74) is 2.69. The Hall–Kier alpha value is -3.67. The van der Waals surface area contributed by atoms with E-state index >= 15 is 0 Å². The number of carbonyl (C=O) groups excluding carboxylic acids is 1. The van der Waals surface area contributed by atoms with Gasteiger partial charge in [-0.15, -0.1) is 0 Å². The standard InChI is InChI=1S/C22H19N3O3/c26-22(28-15-7-14-27-18-10-5-2-6-11-18)19-16-24-25-20(12-13-23-21(19)25)17-8-3-1-4-9-17/h1-6,8-13,16H,7,14-15H2. The smallest absolute Gasteiger partial charge is 0.343 e. The van der Waals surface area contributed by atoms with Gasteiger partial charge < -0.3 is 9.47 Å². The Morgan fingerprint density at radius 1 is 0.929 bits per heavy atom. The van der Waals surface area contributed by atoms with Gasteiger partial charge in [-0.25, -0.2) is 14.3 Å². The summed E-state index contributed by atoms with van der Waals surface area (Å²) in [4.78, 5) is 16.8. The fraction of sp³-hybridized carbons (Fsp3) is 0.136. The number of ether oxygens (including phenoxy) is 2. The van der Waals surface area contributed by atoms with E-state index in [4.69, 9.17) is 9.47 Å². The quantitative estimate of drug-likeness (QED) is 0.362. The van der Waals surface area contributed by atoms with Crippen molar-refractivity contribution in [1.82, 2.24) is 14.6 Å². The minimum absolute atomic E-state index is 0.265. The minimum Gasteiger partial charge on any atom is -0.493 e. The zero-order valence-electron chi connectivity index (χ0n) is 15.2. The number of benzene rings is 2. The third kappa shape index (κ3) is 3.86. The molecule has 0 fully saturated rings. The Morgan fingerprint density at radius 2 is 1.68 bits per heavy atom. The van der Waals surface area contributed by atoms with Crippen molar-refractivity contribution >= 4 is 11.6 Å². The van der Waals surface area contributed by atoms with E-state index < -0.39 is 5.97 Å². The van der Waals surface area contributed by atoms with Crippen LogP contribution >= 0.6 is 0 Å². The van der Waals surface area contributed by atoms with Crippen LogP contribution < -0.4 is 4.74 Å². The first kappa shape index (κ1) is 17.7. The Kier molecular flexibility index (Phi) is 5.29. The number of esters is 1. The molecule has 0 amide bonds. The molecule has 0 radical (unpaired) electrons. The first-order valence-corrected chi connectivity index (χ1v) is 9.06. The van der Waals surface area contributed by atoms with Crippen LogP contribution in [-0.4, -0.2) is 33.8 Å². The van der Waals surface area contributed by atoms with Gasteiger partial charge in [0.25, 0.3) is 0 Å². The van der Waals surface area contributed by atoms with E-state index in [2.05, 4.69) is 10.1 Å². The highest BCUT2D eigenvalue weighted by atomic mass is 16.5. The number of nitrogens with zero attached hydrogens (tertiary/aromatic N) is 3. The predicted molar refractivity (Wildman–Crippen MR) is 105 cm³/mol. The third-order valence-corrected chi connectivity index (χ3v) is 4.22. The first-order chi connectivity index (χ1) is 13.8. The molecule has 0 aliphatic rings. The summed E-state index contributed by atoms with van der Waals surface area (Å²) in [6.07, 6.45) is 3.77. The molecule has 0 spiro atoms. The molecule has 0 unspecified atom stereocenters. The van der Waals surface area contributed by atoms with Gasteiger partial charge >= 0.3 is 5.97 Å². The van der Waals surface area contributed by atoms with Crippen molar-refractivity contribution in [2.75, 3.05) is 13.2 Å². The second-order valence-electron chi connectivity index (χ2n) is 6.14. The van der Waals surface area contributed by atoms with Crippen molar-refractivity contribution < 1.29 is 14.3 Å². The van der Waals surface area contributed by atoms with Crippen LogP contribution in [0, 0.1) is 0 Å². The molecular weight excluding hydrogens is 354 g/mol. The van der Waals surface area contributed by atoms with E-state index in [1.165, 1.54) is 6.20 Å². The summed E-state index contributed by atoms with van der Waals surface area (Å²) >= 11 is 0. The van der Waals surface area contributed by atoms with Gasteiger partial charge in [-0.05, 0) is 18.2 Å². The van der Waals surface area contributed by atoms with Crippen LogP contribution in [0.2, 0.25) is 0 Å². The van der Waals surface area contributed by atoms with E-state index in [0.29, 0.717) is 24.2 Å². The fourth-order valence-electron chi connectivity index (χ4n) is 2.87. The molecule has 4 aromatic rings. The van der Waals surface area contributed by atoms with Gasteiger partial charge in [-0.2, -0.15) is 5.10 Å². The van der Waals surface area contributed by atoms with Crippen LogP contribution in [0.1, 0.15) is 16.8 Å². The zero-order valence-corrected chi connectivity index (χ0v) is 15.2. The lowest BCUT2D eigenvalue weighted by atomic mass is 10.1. The molecule has 2 aromatic heterocycles. The fourth-order valence-corrected chi connectivity index (χ4v) is 2.87. The lowest BCUT2D eigenvalue weighted by molar-refractivity contribution is 0.0488. The molecule has 0 atom stereocenters. The van der Waals surface area contributed by atoms with Crippen molar-refractivity contribution in [3.8, 4) is 17.0 Å². The number of carbonyl (C=O) groups is 1. The highest BCUT2D eigenvalue weighted by molar-refractivity contribution is 5.95. The Bertz CT molecular complexity index is 1060. The lowest BCUT2D eigenvalue weighted by Gasteiger charge is -2.07. The molecule has 0 aliphatic heterocycles. The molecule has 0 aliphatic carbocycles. The Morgan fingerprint density at radius 3 is 2.46 bits per heavy atom. The van der Waals surface area contributed by atoms with Gasteiger partial charge in [0.2, 0.25) is 0 Å². The van der Waals surface area contributed by atoms with E-state index in [-0.39, 0.29) is 6.61 Å². The Labute approximate surface area is 162 Å². The number of para-hydroxylation sites is 1. The average molecular weight is 373 g/mol. The average Bonchev–Trinajstić information content (AvgIpc) is 3.19. The molecule has 28 heavy (non-hydrogen) atoms. The largest absolute Gasteiger partial charge is 0.493 e. The topological polar surface area (TPSA) is 65.7 Å². The van der Waals surface area contributed by atoms with Gasteiger partial charge in [0.1, 0.15) is 11.3 Å². The van der Waals surface area contributed by atoms with E-state index in [1.54, 1.807) is 10.7 Å². The van der Waals surface area contributed by atoms with Crippen molar-refractivity contribution in [2.45, 2.75) is 6.42 Å². The van der Waals surface area contributed by atoms with Gasteiger partial charge in [0, 0.05) is 18.2 Å². The molecule has 2 heterocycles. The molecular formula is C22H19N3O3. The molecule has 4 rings (SSSR count). The minimum atomic E-state index is -0.438. The maximum Gasteiger partial charge on any atom is 0.343 e. The van der Waals surface area contributed by atoms with Crippen molar-refractivity contribution in [3.63, 3.8) is 0 Å². The summed E-state index contributed by atoms with van der Waals surface area (Å²) in [5, 5.41) is 4.33. The zero-order chi connectivity index (χ0) is 19.2. The molecule has 0 bridgehead atoms. The summed E-state index contributed by atoms with van der Waals surface area (Å²) in [7, 11) is 0. The summed E-state index contributed by atoms with van der Waals surface area (Å²) in [6, 6.07) is 21.2. The molecule has 0 N–H and O–H groups in total. The molecule has 0 saturated heterocycles. The van der Waals surface area contributed by atoms with Gasteiger partial charge in [0.15, 0.2) is 5.65 Å². The number of rotatable bonds is 7. The predicted octanol–water partition coefficient (Wildman–Crippen LogP) is 4.02. The summed E-state index contributed by atoms with van der Waals surface area (Å²) in [6.45, 7) is 0.740. The highest BCUT2D eigenvalue weighted by Crippen LogP contribution is 2.21. The molecule has 6 nitrogen and oxygen atoms in total. The molecule has 0 saturated carbocycles. The number of aromatic nitrogens is 3. The summed E-state index contributed by atoms with van der Waals surface area (Å²) < 4.78 is 12.6. The van der Waals surface area contributed by atoms with E-state index in [0.717, 1.165) is 17.0 Å². The summed E-state index contributed by atoms with van der Waals surface area (Å²) in [5.74, 6) is 0.363. The Balaban J connectivity index is 1.39. The number of hydrogen-bond donors (Lipinski definition) is 0. The third-order valence-electron chi connectivity index (χ3n) is 4.22. The van der Waals surface area contributed by atoms with Crippen molar-refractivity contribution in [3.05, 3.63) is 84.7 Å². The molecule has 6 heteroatoms. The van der Waals surface area contributed by atoms with E-state index in [1.807, 2.05) is 66.7 Å². The maximum absolute atomic E-state index is 12.4.